The fraction of sp³-hybridized carbons (Fsp3) is 0.944. The fourth-order valence-corrected chi connectivity index (χ4v) is 5.52. The summed E-state index contributed by atoms with van der Waals surface area (Å²) in [6.45, 7) is 12.8. The highest BCUT2D eigenvalue weighted by Gasteiger charge is 2.40. The van der Waals surface area contributed by atoms with E-state index in [1.165, 1.54) is 4.90 Å². The second-order valence-electron chi connectivity index (χ2n) is 6.57. The van der Waals surface area contributed by atoms with E-state index in [1.54, 1.807) is 23.2 Å². The summed E-state index contributed by atoms with van der Waals surface area (Å²) in [5.74, 6) is -0.744. The lowest BCUT2D eigenvalue weighted by molar-refractivity contribution is -0.157. The van der Waals surface area contributed by atoms with E-state index in [0.29, 0.717) is 39.3 Å². The van der Waals surface area contributed by atoms with Crippen LogP contribution in [-0.2, 0) is 13.9 Å². The van der Waals surface area contributed by atoms with E-state index in [9.17, 15) is 29.8 Å². The van der Waals surface area contributed by atoms with E-state index < -0.39 is 44.6 Å². The molecule has 0 fully saturated rings. The largest absolute Gasteiger partial charge is 0.388 e. The number of amides is 1. The predicted octanol–water partition coefficient (Wildman–Crippen LogP) is 0.107. The molecule has 0 saturated carbocycles. The summed E-state index contributed by atoms with van der Waals surface area (Å²) in [5.41, 5.74) is 0. The van der Waals surface area contributed by atoms with Crippen LogP contribution in [0, 0.1) is 0 Å². The Balaban J connectivity index is 5.25. The Morgan fingerprint density at radius 1 is 0.793 bits per heavy atom. The molecule has 0 aliphatic carbocycles. The topological polar surface area (TPSA) is 134 Å². The first-order valence-corrected chi connectivity index (χ1v) is 11.9. The van der Waals surface area contributed by atoms with Crippen LogP contribution in [0.5, 0.6) is 0 Å². The smallest absolute Gasteiger partial charge is 0.346 e. The molecular formula is C18H40N3O7P. The van der Waals surface area contributed by atoms with Gasteiger partial charge in [0.15, 0.2) is 6.10 Å². The number of nitrogens with zero attached hydrogens (tertiary/aromatic N) is 3. The van der Waals surface area contributed by atoms with Gasteiger partial charge in [-0.25, -0.2) is 9.34 Å². The highest BCUT2D eigenvalue weighted by atomic mass is 31.2. The second-order valence-corrected chi connectivity index (χ2v) is 8.94. The van der Waals surface area contributed by atoms with Crippen molar-refractivity contribution in [3.05, 3.63) is 0 Å². The van der Waals surface area contributed by atoms with E-state index in [0.717, 1.165) is 0 Å². The number of aliphatic hydroxyl groups excluding tert-OH is 4. The Kier molecular flexibility index (Phi) is 13.4. The van der Waals surface area contributed by atoms with Gasteiger partial charge in [-0.1, -0.05) is 27.7 Å². The molecule has 0 radical (unpaired) electrons. The Morgan fingerprint density at radius 3 is 1.55 bits per heavy atom. The number of hydrogen-bond acceptors (Lipinski definition) is 7. The van der Waals surface area contributed by atoms with E-state index in [-0.39, 0.29) is 0 Å². The monoisotopic (exact) mass is 441 g/mol. The van der Waals surface area contributed by atoms with Crippen LogP contribution in [-0.4, -0.2) is 111 Å². The van der Waals surface area contributed by atoms with Gasteiger partial charge >= 0.3 is 7.67 Å². The van der Waals surface area contributed by atoms with Crippen molar-refractivity contribution < 1.29 is 34.3 Å². The van der Waals surface area contributed by atoms with Gasteiger partial charge in [-0.2, -0.15) is 0 Å². The van der Waals surface area contributed by atoms with Crippen LogP contribution in [0.15, 0.2) is 0 Å². The molecule has 1 amide bonds. The molecule has 4 atom stereocenters. The summed E-state index contributed by atoms with van der Waals surface area (Å²) in [7, 11) is -3.46. The highest BCUT2D eigenvalue weighted by molar-refractivity contribution is 7.53. The van der Waals surface area contributed by atoms with E-state index in [2.05, 4.69) is 0 Å². The maximum Gasteiger partial charge on any atom is 0.346 e. The molecule has 0 heterocycles. The zero-order chi connectivity index (χ0) is 22.8. The van der Waals surface area contributed by atoms with Crippen LogP contribution in [0.25, 0.3) is 0 Å². The first-order valence-electron chi connectivity index (χ1n) is 10.4. The second kappa shape index (κ2) is 13.7. The van der Waals surface area contributed by atoms with E-state index >= 15 is 0 Å². The van der Waals surface area contributed by atoms with Crippen molar-refractivity contribution in [2.75, 3.05) is 45.9 Å². The SMILES string of the molecule is CCN(CC)C(=O)[C@H](O)[C@@H](O)[C@H](O)[C@H](O)COP(=O)(N(CC)CC)N(CC)CC. The molecule has 0 saturated heterocycles. The molecule has 11 heteroatoms. The lowest BCUT2D eigenvalue weighted by atomic mass is 10.0. The number of rotatable bonds is 15. The minimum absolute atomic E-state index is 0.331. The van der Waals surface area contributed by atoms with Crippen LogP contribution >= 0.6 is 7.67 Å². The van der Waals surface area contributed by atoms with Crippen molar-refractivity contribution in [3.8, 4) is 0 Å². The average Bonchev–Trinajstić information content (AvgIpc) is 2.72. The molecule has 0 aliphatic heterocycles. The highest BCUT2D eigenvalue weighted by Crippen LogP contribution is 2.53. The molecule has 0 rings (SSSR count). The lowest BCUT2D eigenvalue weighted by Crippen LogP contribution is -2.52. The number of carbonyl (C=O) groups is 1. The third kappa shape index (κ3) is 7.25. The summed E-state index contributed by atoms with van der Waals surface area (Å²) < 4.78 is 22.4. The summed E-state index contributed by atoms with van der Waals surface area (Å²) in [5, 5.41) is 40.7. The molecule has 0 aromatic rings. The Labute approximate surface area is 174 Å². The first-order chi connectivity index (χ1) is 13.6. The van der Waals surface area contributed by atoms with Crippen molar-refractivity contribution in [2.45, 2.75) is 66.0 Å². The minimum atomic E-state index is -3.46. The van der Waals surface area contributed by atoms with Gasteiger partial charge in [0.1, 0.15) is 18.3 Å². The Bertz CT molecular complexity index is 498. The van der Waals surface area contributed by atoms with Crippen LogP contribution < -0.4 is 0 Å². The molecule has 0 unspecified atom stereocenters. The van der Waals surface area contributed by atoms with Gasteiger partial charge in [-0.15, -0.1) is 0 Å². The van der Waals surface area contributed by atoms with Crippen molar-refractivity contribution in [2.24, 2.45) is 0 Å². The normalized spacial score (nSPS) is 16.7. The van der Waals surface area contributed by atoms with Crippen LogP contribution in [0.4, 0.5) is 0 Å². The minimum Gasteiger partial charge on any atom is -0.388 e. The Morgan fingerprint density at radius 2 is 1.21 bits per heavy atom. The Hall–Kier alpha value is -0.580. The molecule has 10 nitrogen and oxygen atoms in total. The molecule has 0 aromatic heterocycles. The fourth-order valence-electron chi connectivity index (χ4n) is 3.06. The van der Waals surface area contributed by atoms with Gasteiger partial charge in [0.25, 0.3) is 5.91 Å². The van der Waals surface area contributed by atoms with Crippen molar-refractivity contribution in [1.29, 1.82) is 0 Å². The van der Waals surface area contributed by atoms with Crippen LogP contribution in [0.2, 0.25) is 0 Å². The van der Waals surface area contributed by atoms with Gasteiger partial charge in [0.05, 0.1) is 6.61 Å². The summed E-state index contributed by atoms with van der Waals surface area (Å²) in [6, 6.07) is 0. The molecular weight excluding hydrogens is 401 g/mol. The first kappa shape index (κ1) is 28.4. The zero-order valence-electron chi connectivity index (χ0n) is 18.6. The third-order valence-electron chi connectivity index (χ3n) is 4.98. The lowest BCUT2D eigenvalue weighted by Gasteiger charge is -2.37. The van der Waals surface area contributed by atoms with Gasteiger partial charge in [-0.05, 0) is 13.8 Å². The molecule has 29 heavy (non-hydrogen) atoms. The summed E-state index contributed by atoms with van der Waals surface area (Å²) >= 11 is 0. The van der Waals surface area contributed by atoms with Gasteiger partial charge in [0.2, 0.25) is 0 Å². The van der Waals surface area contributed by atoms with Crippen LogP contribution in [0.3, 0.4) is 0 Å². The summed E-state index contributed by atoms with van der Waals surface area (Å²) in [6.07, 6.45) is -7.31. The standard InChI is InChI=1S/C18H40N3O7P/c1-7-19(8-2)18(26)17(25)16(24)15(23)14(22)13-28-29(27,20(9-3)10-4)21(11-5)12-6/h14-17,22-25H,7-13H2,1-6H3/t14-,15-,16+,17-/m1/s1. The van der Waals surface area contributed by atoms with E-state index in [1.807, 2.05) is 27.7 Å². The quantitative estimate of drug-likeness (QED) is 0.261. The van der Waals surface area contributed by atoms with Gasteiger partial charge in [0, 0.05) is 39.3 Å². The molecule has 0 bridgehead atoms. The van der Waals surface area contributed by atoms with Gasteiger partial charge in [-0.3, -0.25) is 9.36 Å². The molecule has 0 aliphatic rings. The van der Waals surface area contributed by atoms with Gasteiger partial charge < -0.3 is 29.8 Å². The number of likely N-dealkylation sites (N-methyl/N-ethyl adjacent to an activating group) is 1. The van der Waals surface area contributed by atoms with E-state index in [4.69, 9.17) is 4.52 Å². The maximum atomic E-state index is 13.5. The van der Waals surface area contributed by atoms with Crippen molar-refractivity contribution in [3.63, 3.8) is 0 Å². The van der Waals surface area contributed by atoms with Crippen molar-refractivity contribution in [1.82, 2.24) is 14.2 Å². The number of aliphatic hydroxyl groups is 4. The molecule has 0 aromatic carbocycles. The maximum absolute atomic E-state index is 13.5. The third-order valence-corrected chi connectivity index (χ3v) is 8.03. The zero-order valence-corrected chi connectivity index (χ0v) is 19.5. The average molecular weight is 442 g/mol. The molecule has 0 spiro atoms. The summed E-state index contributed by atoms with van der Waals surface area (Å²) in [4.78, 5) is 13.5. The number of hydrogen-bond donors (Lipinski definition) is 4. The molecule has 4 N–H and O–H groups in total. The van der Waals surface area contributed by atoms with Crippen molar-refractivity contribution >= 4 is 13.6 Å². The van der Waals surface area contributed by atoms with Crippen LogP contribution in [0.1, 0.15) is 41.5 Å². The molecule has 174 valence electrons. The number of carbonyl (C=O) groups excluding carboxylic acids is 1. The predicted molar refractivity (Wildman–Crippen MR) is 111 cm³/mol.